The number of amides is 3. The summed E-state index contributed by atoms with van der Waals surface area (Å²) >= 11 is 0. The van der Waals surface area contributed by atoms with Crippen molar-refractivity contribution in [2.24, 2.45) is 0 Å². The molecule has 1 saturated heterocycles. The number of carbonyl (C=O) groups excluding carboxylic acids is 3. The van der Waals surface area contributed by atoms with Crippen molar-refractivity contribution >= 4 is 17.9 Å². The van der Waals surface area contributed by atoms with Gasteiger partial charge in [0.2, 0.25) is 11.8 Å². The minimum absolute atomic E-state index is 0.0671. The first-order valence-corrected chi connectivity index (χ1v) is 8.67. The minimum Gasteiger partial charge on any atom is -0.444 e. The molecule has 1 aliphatic heterocycles. The van der Waals surface area contributed by atoms with Crippen LogP contribution in [0, 0.1) is 0 Å². The van der Waals surface area contributed by atoms with E-state index in [4.69, 9.17) is 4.74 Å². The molecule has 1 unspecified atom stereocenters. The van der Waals surface area contributed by atoms with Crippen LogP contribution in [0.2, 0.25) is 0 Å². The van der Waals surface area contributed by atoms with Gasteiger partial charge in [-0.05, 0) is 52.9 Å². The molecule has 0 aromatic rings. The van der Waals surface area contributed by atoms with Gasteiger partial charge in [0.15, 0.2) is 0 Å². The fraction of sp³-hybridized carbons (Fsp3) is 0.824. The molecule has 7 nitrogen and oxygen atoms in total. The summed E-state index contributed by atoms with van der Waals surface area (Å²) in [4.78, 5) is 37.9. The number of nitrogens with zero attached hydrogens (tertiary/aromatic N) is 1. The van der Waals surface area contributed by atoms with Gasteiger partial charge >= 0.3 is 6.09 Å². The first kappa shape index (κ1) is 18.5. The Morgan fingerprint density at radius 3 is 2.50 bits per heavy atom. The Hall–Kier alpha value is -1.79. The number of rotatable bonds is 4. The number of ether oxygens (including phenoxy) is 1. The molecule has 1 saturated carbocycles. The summed E-state index contributed by atoms with van der Waals surface area (Å²) in [5.74, 6) is -0.142. The molecule has 2 rings (SSSR count). The van der Waals surface area contributed by atoms with Crippen molar-refractivity contribution in [2.75, 3.05) is 13.6 Å². The number of carbonyl (C=O) groups is 3. The van der Waals surface area contributed by atoms with Crippen LogP contribution in [-0.4, -0.2) is 53.6 Å². The minimum atomic E-state index is -0.551. The van der Waals surface area contributed by atoms with E-state index in [-0.39, 0.29) is 17.4 Å². The highest BCUT2D eigenvalue weighted by Gasteiger charge is 2.45. The van der Waals surface area contributed by atoms with Gasteiger partial charge in [0.25, 0.3) is 0 Å². The van der Waals surface area contributed by atoms with Crippen LogP contribution in [0.3, 0.4) is 0 Å². The second-order valence-corrected chi connectivity index (χ2v) is 7.84. The van der Waals surface area contributed by atoms with E-state index in [0.717, 1.165) is 25.7 Å². The van der Waals surface area contributed by atoms with E-state index >= 15 is 0 Å². The Balaban J connectivity index is 1.94. The Labute approximate surface area is 143 Å². The van der Waals surface area contributed by atoms with E-state index in [9.17, 15) is 14.4 Å². The Morgan fingerprint density at radius 1 is 1.33 bits per heavy atom. The fourth-order valence-corrected chi connectivity index (χ4v) is 3.22. The highest BCUT2D eigenvalue weighted by molar-refractivity contribution is 5.89. The zero-order valence-electron chi connectivity index (χ0n) is 15.1. The lowest BCUT2D eigenvalue weighted by Crippen LogP contribution is -2.64. The predicted octanol–water partition coefficient (Wildman–Crippen LogP) is 1.56. The number of piperidine rings is 1. The lowest BCUT2D eigenvalue weighted by Gasteiger charge is -2.49. The molecule has 2 fully saturated rings. The molecular formula is C17H29N3O4. The molecule has 136 valence electrons. The Bertz CT molecular complexity index is 508. The van der Waals surface area contributed by atoms with Crippen molar-refractivity contribution in [3.63, 3.8) is 0 Å². The largest absolute Gasteiger partial charge is 0.444 e. The second kappa shape index (κ2) is 6.99. The van der Waals surface area contributed by atoms with E-state index in [1.54, 1.807) is 11.9 Å². The second-order valence-electron chi connectivity index (χ2n) is 7.84. The number of hydrogen-bond acceptors (Lipinski definition) is 4. The van der Waals surface area contributed by atoms with Gasteiger partial charge in [0.1, 0.15) is 11.6 Å². The van der Waals surface area contributed by atoms with Crippen LogP contribution in [0.1, 0.15) is 59.3 Å². The maximum Gasteiger partial charge on any atom is 0.407 e. The summed E-state index contributed by atoms with van der Waals surface area (Å²) in [5.41, 5.74) is -0.929. The quantitative estimate of drug-likeness (QED) is 0.814. The van der Waals surface area contributed by atoms with E-state index < -0.39 is 17.7 Å². The average molecular weight is 339 g/mol. The van der Waals surface area contributed by atoms with Crippen molar-refractivity contribution in [3.8, 4) is 0 Å². The molecule has 2 aliphatic rings. The van der Waals surface area contributed by atoms with E-state index in [2.05, 4.69) is 10.6 Å². The lowest BCUT2D eigenvalue weighted by molar-refractivity contribution is -0.144. The van der Waals surface area contributed by atoms with Crippen LogP contribution >= 0.6 is 0 Å². The van der Waals surface area contributed by atoms with Gasteiger partial charge in [-0.15, -0.1) is 0 Å². The number of alkyl carbamates (subject to hydrolysis) is 1. The first-order valence-electron chi connectivity index (χ1n) is 8.67. The SMILES string of the molecule is CN(C(=O)C1CCCC(=O)N1)C1(CNC(=O)OC(C)(C)C)CCC1. The van der Waals surface area contributed by atoms with Gasteiger partial charge in [0, 0.05) is 20.0 Å². The summed E-state index contributed by atoms with van der Waals surface area (Å²) in [6.45, 7) is 5.80. The van der Waals surface area contributed by atoms with Gasteiger partial charge in [0.05, 0.1) is 5.54 Å². The Morgan fingerprint density at radius 2 is 2.00 bits per heavy atom. The molecule has 0 radical (unpaired) electrons. The maximum absolute atomic E-state index is 12.7. The van der Waals surface area contributed by atoms with Crippen LogP contribution in [0.25, 0.3) is 0 Å². The summed E-state index contributed by atoms with van der Waals surface area (Å²) < 4.78 is 5.26. The zero-order valence-corrected chi connectivity index (χ0v) is 15.1. The zero-order chi connectivity index (χ0) is 18.0. The molecule has 24 heavy (non-hydrogen) atoms. The van der Waals surface area contributed by atoms with Crippen LogP contribution in [-0.2, 0) is 14.3 Å². The van der Waals surface area contributed by atoms with Gasteiger partial charge < -0.3 is 20.3 Å². The molecule has 7 heteroatoms. The van der Waals surface area contributed by atoms with Gasteiger partial charge in [-0.3, -0.25) is 9.59 Å². The van der Waals surface area contributed by atoms with Crippen molar-refractivity contribution in [2.45, 2.75) is 76.5 Å². The van der Waals surface area contributed by atoms with Crippen LogP contribution in [0.4, 0.5) is 4.79 Å². The fourth-order valence-electron chi connectivity index (χ4n) is 3.22. The predicted molar refractivity (Wildman–Crippen MR) is 89.4 cm³/mol. The van der Waals surface area contributed by atoms with Crippen LogP contribution in [0.15, 0.2) is 0 Å². The monoisotopic (exact) mass is 339 g/mol. The maximum atomic E-state index is 12.7. The third-order valence-corrected chi connectivity index (χ3v) is 4.82. The molecule has 1 atom stereocenters. The summed E-state index contributed by atoms with van der Waals surface area (Å²) in [5, 5.41) is 5.56. The van der Waals surface area contributed by atoms with E-state index in [1.165, 1.54) is 0 Å². The molecule has 1 heterocycles. The molecule has 1 aliphatic carbocycles. The summed E-state index contributed by atoms with van der Waals surface area (Å²) in [6, 6.07) is -0.449. The standard InChI is InChI=1S/C17H29N3O4/c1-16(2,3)24-15(23)18-11-17(9-6-10-17)20(4)14(22)12-7-5-8-13(21)19-12/h12H,5-11H2,1-4H3,(H,18,23)(H,19,21). The smallest absolute Gasteiger partial charge is 0.407 e. The number of nitrogens with one attached hydrogen (secondary N) is 2. The molecule has 0 aromatic heterocycles. The highest BCUT2D eigenvalue weighted by atomic mass is 16.6. The highest BCUT2D eigenvalue weighted by Crippen LogP contribution is 2.37. The third kappa shape index (κ3) is 4.39. The van der Waals surface area contributed by atoms with Gasteiger partial charge in [-0.2, -0.15) is 0 Å². The average Bonchev–Trinajstić information content (AvgIpc) is 2.43. The van der Waals surface area contributed by atoms with Gasteiger partial charge in [-0.25, -0.2) is 4.79 Å². The van der Waals surface area contributed by atoms with Crippen LogP contribution in [0.5, 0.6) is 0 Å². The Kier molecular flexibility index (Phi) is 5.40. The molecule has 3 amide bonds. The van der Waals surface area contributed by atoms with Gasteiger partial charge in [-0.1, -0.05) is 0 Å². The van der Waals surface area contributed by atoms with E-state index in [0.29, 0.717) is 19.4 Å². The molecule has 2 N–H and O–H groups in total. The lowest BCUT2D eigenvalue weighted by atomic mass is 9.75. The molecular weight excluding hydrogens is 310 g/mol. The van der Waals surface area contributed by atoms with Crippen molar-refractivity contribution < 1.29 is 19.1 Å². The summed E-state index contributed by atoms with van der Waals surface area (Å²) in [7, 11) is 1.76. The third-order valence-electron chi connectivity index (χ3n) is 4.82. The summed E-state index contributed by atoms with van der Waals surface area (Å²) in [6.07, 6.45) is 4.12. The molecule has 0 aromatic carbocycles. The van der Waals surface area contributed by atoms with E-state index in [1.807, 2.05) is 20.8 Å². The van der Waals surface area contributed by atoms with Crippen molar-refractivity contribution in [3.05, 3.63) is 0 Å². The van der Waals surface area contributed by atoms with Crippen molar-refractivity contribution in [1.29, 1.82) is 0 Å². The molecule has 0 spiro atoms. The van der Waals surface area contributed by atoms with Crippen LogP contribution < -0.4 is 10.6 Å². The number of hydrogen-bond donors (Lipinski definition) is 2. The van der Waals surface area contributed by atoms with Crippen molar-refractivity contribution in [1.82, 2.24) is 15.5 Å². The normalized spacial score (nSPS) is 22.8. The first-order chi connectivity index (χ1) is 11.1. The number of likely N-dealkylation sites (N-methyl/N-ethyl adjacent to an activating group) is 1. The topological polar surface area (TPSA) is 87.7 Å². The molecule has 0 bridgehead atoms.